The summed E-state index contributed by atoms with van der Waals surface area (Å²) in [7, 11) is 0. The monoisotopic (exact) mass is 225 g/mol. The summed E-state index contributed by atoms with van der Waals surface area (Å²) in [4.78, 5) is 0. The van der Waals surface area contributed by atoms with E-state index in [2.05, 4.69) is 46.4 Å². The third-order valence-corrected chi connectivity index (χ3v) is 3.32. The number of nitrogens with one attached hydrogen (secondary N) is 1. The zero-order valence-electron chi connectivity index (χ0n) is 7.10. The van der Waals surface area contributed by atoms with Gasteiger partial charge in [-0.15, -0.1) is 0 Å². The fourth-order valence-electron chi connectivity index (χ4n) is 1.45. The molecule has 1 nitrogen and oxygen atoms in total. The molecule has 0 saturated carbocycles. The minimum absolute atomic E-state index is 0.747. The van der Waals surface area contributed by atoms with Gasteiger partial charge in [0.05, 0.1) is 0 Å². The van der Waals surface area contributed by atoms with Crippen molar-refractivity contribution in [3.05, 3.63) is 33.8 Å². The van der Waals surface area contributed by atoms with Gasteiger partial charge in [0.2, 0.25) is 0 Å². The Bertz CT molecular complexity index is 292. The molecule has 1 aromatic carbocycles. The van der Waals surface area contributed by atoms with E-state index in [-0.39, 0.29) is 0 Å². The summed E-state index contributed by atoms with van der Waals surface area (Å²) in [6.45, 7) is 4.42. The number of aryl methyl sites for hydroxylation is 1. The molecule has 1 saturated heterocycles. The summed E-state index contributed by atoms with van der Waals surface area (Å²) in [6, 6.07) is 6.63. The van der Waals surface area contributed by atoms with Gasteiger partial charge < -0.3 is 5.32 Å². The summed E-state index contributed by atoms with van der Waals surface area (Å²) in [6.07, 6.45) is 0. The molecule has 1 aliphatic heterocycles. The van der Waals surface area contributed by atoms with Crippen molar-refractivity contribution in [1.82, 2.24) is 5.32 Å². The highest BCUT2D eigenvalue weighted by Crippen LogP contribution is 2.24. The molecule has 0 aliphatic carbocycles. The summed E-state index contributed by atoms with van der Waals surface area (Å²) in [5.74, 6) is 0.747. The van der Waals surface area contributed by atoms with Crippen molar-refractivity contribution in [2.24, 2.45) is 0 Å². The van der Waals surface area contributed by atoms with E-state index in [9.17, 15) is 0 Å². The van der Waals surface area contributed by atoms with Crippen LogP contribution in [0.15, 0.2) is 22.7 Å². The summed E-state index contributed by atoms with van der Waals surface area (Å²) in [5.41, 5.74) is 2.80. The molecule has 0 amide bonds. The molecule has 1 aliphatic rings. The molecule has 0 unspecified atom stereocenters. The number of hydrogen-bond acceptors (Lipinski definition) is 1. The van der Waals surface area contributed by atoms with Gasteiger partial charge in [-0.25, -0.2) is 0 Å². The van der Waals surface area contributed by atoms with Crippen LogP contribution in [0.25, 0.3) is 0 Å². The second kappa shape index (κ2) is 3.19. The average molecular weight is 226 g/mol. The van der Waals surface area contributed by atoms with Gasteiger partial charge in [0.1, 0.15) is 0 Å². The fraction of sp³-hybridized carbons (Fsp3) is 0.400. The molecule has 2 heteroatoms. The summed E-state index contributed by atoms with van der Waals surface area (Å²) < 4.78 is 1.21. The quantitative estimate of drug-likeness (QED) is 0.775. The van der Waals surface area contributed by atoms with E-state index in [1.165, 1.54) is 15.6 Å². The van der Waals surface area contributed by atoms with Gasteiger partial charge in [-0.2, -0.15) is 0 Å². The van der Waals surface area contributed by atoms with E-state index in [1.807, 2.05) is 0 Å². The largest absolute Gasteiger partial charge is 0.315 e. The molecule has 1 heterocycles. The van der Waals surface area contributed by atoms with Crippen LogP contribution < -0.4 is 5.32 Å². The maximum atomic E-state index is 3.50. The average Bonchev–Trinajstić information content (AvgIpc) is 1.93. The lowest BCUT2D eigenvalue weighted by Gasteiger charge is -2.27. The Balaban J connectivity index is 2.27. The Labute approximate surface area is 81.3 Å². The Morgan fingerprint density at radius 1 is 1.42 bits per heavy atom. The molecule has 2 rings (SSSR count). The molecule has 0 bridgehead atoms. The van der Waals surface area contributed by atoms with Gasteiger partial charge in [0, 0.05) is 23.5 Å². The van der Waals surface area contributed by atoms with Crippen molar-refractivity contribution in [2.75, 3.05) is 13.1 Å². The zero-order valence-corrected chi connectivity index (χ0v) is 8.69. The topological polar surface area (TPSA) is 12.0 Å². The van der Waals surface area contributed by atoms with Crippen LogP contribution in [-0.2, 0) is 0 Å². The van der Waals surface area contributed by atoms with Gasteiger partial charge in [-0.3, -0.25) is 0 Å². The van der Waals surface area contributed by atoms with Gasteiger partial charge >= 0.3 is 0 Å². The molecule has 1 aromatic rings. The van der Waals surface area contributed by atoms with Crippen LogP contribution in [0.2, 0.25) is 0 Å². The van der Waals surface area contributed by atoms with Crippen molar-refractivity contribution in [1.29, 1.82) is 0 Å². The molecular weight excluding hydrogens is 214 g/mol. The van der Waals surface area contributed by atoms with Crippen molar-refractivity contribution in [2.45, 2.75) is 12.8 Å². The molecule has 1 fully saturated rings. The van der Waals surface area contributed by atoms with Gasteiger partial charge in [0.15, 0.2) is 0 Å². The summed E-state index contributed by atoms with van der Waals surface area (Å²) >= 11 is 3.50. The standard InChI is InChI=1S/C10H12BrN/c1-7-4-8(2-3-10(7)11)9-5-12-6-9/h2-4,9,12H,5-6H2,1H3. The van der Waals surface area contributed by atoms with Gasteiger partial charge in [0.25, 0.3) is 0 Å². The zero-order chi connectivity index (χ0) is 8.55. The minimum Gasteiger partial charge on any atom is -0.315 e. The fourth-order valence-corrected chi connectivity index (χ4v) is 1.69. The van der Waals surface area contributed by atoms with Crippen LogP contribution >= 0.6 is 15.9 Å². The van der Waals surface area contributed by atoms with Crippen molar-refractivity contribution in [3.8, 4) is 0 Å². The molecule has 0 aromatic heterocycles. The van der Waals surface area contributed by atoms with Crippen LogP contribution in [-0.4, -0.2) is 13.1 Å². The first-order valence-electron chi connectivity index (χ1n) is 4.24. The van der Waals surface area contributed by atoms with Crippen LogP contribution in [0.4, 0.5) is 0 Å². The third kappa shape index (κ3) is 1.41. The highest BCUT2D eigenvalue weighted by atomic mass is 79.9. The number of halogens is 1. The van der Waals surface area contributed by atoms with Crippen LogP contribution in [0.1, 0.15) is 17.0 Å². The third-order valence-electron chi connectivity index (χ3n) is 2.43. The van der Waals surface area contributed by atoms with Gasteiger partial charge in [-0.05, 0) is 24.1 Å². The van der Waals surface area contributed by atoms with Crippen molar-refractivity contribution >= 4 is 15.9 Å². The predicted octanol–water partition coefficient (Wildman–Crippen LogP) is 2.44. The molecule has 12 heavy (non-hydrogen) atoms. The number of benzene rings is 1. The lowest BCUT2D eigenvalue weighted by molar-refractivity contribution is 0.448. The van der Waals surface area contributed by atoms with E-state index >= 15 is 0 Å². The first-order valence-corrected chi connectivity index (χ1v) is 5.03. The second-order valence-electron chi connectivity index (χ2n) is 3.36. The number of rotatable bonds is 1. The van der Waals surface area contributed by atoms with Crippen molar-refractivity contribution in [3.63, 3.8) is 0 Å². The predicted molar refractivity (Wildman–Crippen MR) is 54.5 cm³/mol. The minimum atomic E-state index is 0.747. The Kier molecular flexibility index (Phi) is 2.20. The smallest absolute Gasteiger partial charge is 0.0204 e. The molecule has 1 N–H and O–H groups in total. The maximum Gasteiger partial charge on any atom is 0.0204 e. The summed E-state index contributed by atoms with van der Waals surface area (Å²) in [5, 5.41) is 3.28. The van der Waals surface area contributed by atoms with E-state index < -0.39 is 0 Å². The molecular formula is C10H12BrN. The SMILES string of the molecule is Cc1cc(C2CNC2)ccc1Br. The van der Waals surface area contributed by atoms with Crippen LogP contribution in [0.3, 0.4) is 0 Å². The Hall–Kier alpha value is -0.340. The Morgan fingerprint density at radius 3 is 2.67 bits per heavy atom. The van der Waals surface area contributed by atoms with E-state index in [0.29, 0.717) is 0 Å². The number of hydrogen-bond donors (Lipinski definition) is 1. The van der Waals surface area contributed by atoms with Gasteiger partial charge in [-0.1, -0.05) is 28.1 Å². The highest BCUT2D eigenvalue weighted by molar-refractivity contribution is 9.10. The second-order valence-corrected chi connectivity index (χ2v) is 4.22. The van der Waals surface area contributed by atoms with E-state index in [4.69, 9.17) is 0 Å². The van der Waals surface area contributed by atoms with E-state index in [1.54, 1.807) is 0 Å². The van der Waals surface area contributed by atoms with Crippen molar-refractivity contribution < 1.29 is 0 Å². The molecule has 64 valence electrons. The Morgan fingerprint density at radius 2 is 2.17 bits per heavy atom. The first-order chi connectivity index (χ1) is 5.77. The van der Waals surface area contributed by atoms with Crippen LogP contribution in [0.5, 0.6) is 0 Å². The molecule has 0 atom stereocenters. The highest BCUT2D eigenvalue weighted by Gasteiger charge is 2.18. The first kappa shape index (κ1) is 8.27. The van der Waals surface area contributed by atoms with E-state index in [0.717, 1.165) is 19.0 Å². The molecule has 0 spiro atoms. The normalized spacial score (nSPS) is 17.5. The maximum absolute atomic E-state index is 3.50. The van der Waals surface area contributed by atoms with Crippen LogP contribution in [0, 0.1) is 6.92 Å². The lowest BCUT2D eigenvalue weighted by atomic mass is 9.93. The molecule has 0 radical (unpaired) electrons. The lowest BCUT2D eigenvalue weighted by Crippen LogP contribution is -2.39.